The van der Waals surface area contributed by atoms with Crippen LogP contribution in [-0.4, -0.2) is 41.9 Å². The van der Waals surface area contributed by atoms with Crippen molar-refractivity contribution in [2.75, 3.05) is 13.2 Å². The molecular formula is C13H26N2O4. The minimum absolute atomic E-state index is 0.132. The molecule has 0 rings (SSSR count). The summed E-state index contributed by atoms with van der Waals surface area (Å²) in [6.07, 6.45) is -0.103. The maximum Gasteiger partial charge on any atom is 0.408 e. The molecular weight excluding hydrogens is 248 g/mol. The van der Waals surface area contributed by atoms with Crippen molar-refractivity contribution in [1.29, 1.82) is 0 Å². The van der Waals surface area contributed by atoms with E-state index in [2.05, 4.69) is 10.6 Å². The van der Waals surface area contributed by atoms with Crippen LogP contribution in [0.2, 0.25) is 0 Å². The van der Waals surface area contributed by atoms with Gasteiger partial charge < -0.3 is 20.5 Å². The highest BCUT2D eigenvalue weighted by molar-refractivity contribution is 5.85. The summed E-state index contributed by atoms with van der Waals surface area (Å²) in [5, 5.41) is 13.8. The molecule has 0 saturated heterocycles. The predicted molar refractivity (Wildman–Crippen MR) is 72.7 cm³/mol. The highest BCUT2D eigenvalue weighted by atomic mass is 16.6. The van der Waals surface area contributed by atoms with Gasteiger partial charge in [-0.25, -0.2) is 4.79 Å². The Morgan fingerprint density at radius 3 is 2.26 bits per heavy atom. The van der Waals surface area contributed by atoms with Crippen LogP contribution in [0.15, 0.2) is 0 Å². The predicted octanol–water partition coefficient (Wildman–Crippen LogP) is 1.03. The van der Waals surface area contributed by atoms with Crippen molar-refractivity contribution >= 4 is 12.0 Å². The van der Waals surface area contributed by atoms with Crippen molar-refractivity contribution in [1.82, 2.24) is 10.6 Å². The molecule has 0 spiro atoms. The molecule has 0 aliphatic carbocycles. The Labute approximate surface area is 114 Å². The zero-order valence-corrected chi connectivity index (χ0v) is 12.4. The molecule has 2 amide bonds. The number of carbonyl (C=O) groups is 2. The van der Waals surface area contributed by atoms with E-state index in [0.29, 0.717) is 6.42 Å². The average Bonchev–Trinajstić information content (AvgIpc) is 2.21. The molecule has 0 aromatic rings. The summed E-state index contributed by atoms with van der Waals surface area (Å²) >= 11 is 0. The Kier molecular flexibility index (Phi) is 7.44. The molecule has 6 nitrogen and oxygen atoms in total. The lowest BCUT2D eigenvalue weighted by Gasteiger charge is -2.24. The first kappa shape index (κ1) is 17.7. The summed E-state index contributed by atoms with van der Waals surface area (Å²) < 4.78 is 5.12. The van der Waals surface area contributed by atoms with E-state index in [-0.39, 0.29) is 25.0 Å². The molecule has 19 heavy (non-hydrogen) atoms. The Bertz CT molecular complexity index is 298. The zero-order valence-electron chi connectivity index (χ0n) is 12.4. The number of hydrogen-bond donors (Lipinski definition) is 3. The fourth-order valence-corrected chi connectivity index (χ4v) is 1.46. The Morgan fingerprint density at radius 2 is 1.84 bits per heavy atom. The van der Waals surface area contributed by atoms with Gasteiger partial charge in [0.1, 0.15) is 11.6 Å². The van der Waals surface area contributed by atoms with Crippen LogP contribution >= 0.6 is 0 Å². The van der Waals surface area contributed by atoms with Gasteiger partial charge in [0.05, 0.1) is 6.61 Å². The molecule has 112 valence electrons. The molecule has 1 atom stereocenters. The minimum Gasteiger partial charge on any atom is -0.444 e. The molecule has 6 heteroatoms. The van der Waals surface area contributed by atoms with Gasteiger partial charge in [0.15, 0.2) is 0 Å². The molecule has 0 radical (unpaired) electrons. The number of rotatable bonds is 6. The summed E-state index contributed by atoms with van der Waals surface area (Å²) in [6.45, 7) is 9.24. The first-order chi connectivity index (χ1) is 8.65. The number of aliphatic hydroxyl groups excluding tert-OH is 1. The second-order valence-corrected chi connectivity index (χ2v) is 5.84. The van der Waals surface area contributed by atoms with E-state index in [1.165, 1.54) is 0 Å². The van der Waals surface area contributed by atoms with Crippen molar-refractivity contribution < 1.29 is 19.4 Å². The van der Waals surface area contributed by atoms with Gasteiger partial charge >= 0.3 is 6.09 Å². The fraction of sp³-hybridized carbons (Fsp3) is 0.846. The quantitative estimate of drug-likeness (QED) is 0.675. The molecule has 0 fully saturated rings. The van der Waals surface area contributed by atoms with E-state index in [1.807, 2.05) is 13.8 Å². The van der Waals surface area contributed by atoms with Crippen LogP contribution in [-0.2, 0) is 9.53 Å². The van der Waals surface area contributed by atoms with E-state index < -0.39 is 17.7 Å². The monoisotopic (exact) mass is 274 g/mol. The lowest BCUT2D eigenvalue weighted by molar-refractivity contribution is -0.123. The number of hydrogen-bond acceptors (Lipinski definition) is 4. The minimum atomic E-state index is -0.651. The second-order valence-electron chi connectivity index (χ2n) is 5.84. The third-order valence-corrected chi connectivity index (χ3v) is 2.13. The van der Waals surface area contributed by atoms with Gasteiger partial charge in [0, 0.05) is 6.54 Å². The van der Waals surface area contributed by atoms with Crippen molar-refractivity contribution in [2.24, 2.45) is 5.92 Å². The standard InChI is InChI=1S/C13H26N2O4/c1-9(2)8-10(11(17)14-6-7-16)15-12(18)19-13(3,4)5/h9-10,16H,6-8H2,1-5H3,(H,14,17)(H,15,18). The molecule has 1 unspecified atom stereocenters. The third kappa shape index (κ3) is 9.30. The molecule has 0 aliphatic heterocycles. The number of nitrogens with one attached hydrogen (secondary N) is 2. The Hall–Kier alpha value is -1.30. The summed E-state index contributed by atoms with van der Waals surface area (Å²) in [5.41, 5.74) is -0.603. The van der Waals surface area contributed by atoms with Crippen LogP contribution in [0, 0.1) is 5.92 Å². The largest absolute Gasteiger partial charge is 0.444 e. The Balaban J connectivity index is 4.50. The maximum absolute atomic E-state index is 11.8. The fourth-order valence-electron chi connectivity index (χ4n) is 1.46. The number of alkyl carbamates (subject to hydrolysis) is 1. The summed E-state index contributed by atoms with van der Waals surface area (Å²) in [4.78, 5) is 23.5. The van der Waals surface area contributed by atoms with Crippen molar-refractivity contribution in [2.45, 2.75) is 52.7 Å². The van der Waals surface area contributed by atoms with Crippen LogP contribution < -0.4 is 10.6 Å². The van der Waals surface area contributed by atoms with Crippen molar-refractivity contribution in [3.63, 3.8) is 0 Å². The van der Waals surface area contributed by atoms with E-state index >= 15 is 0 Å². The first-order valence-corrected chi connectivity index (χ1v) is 6.53. The Morgan fingerprint density at radius 1 is 1.26 bits per heavy atom. The summed E-state index contributed by atoms with van der Waals surface area (Å²) in [6, 6.07) is -0.651. The SMILES string of the molecule is CC(C)CC(NC(=O)OC(C)(C)C)C(=O)NCCO. The van der Waals surface area contributed by atoms with Gasteiger partial charge in [-0.3, -0.25) is 4.79 Å². The molecule has 0 aromatic carbocycles. The smallest absolute Gasteiger partial charge is 0.408 e. The number of carbonyl (C=O) groups excluding carboxylic acids is 2. The van der Waals surface area contributed by atoms with Crippen LogP contribution in [0.3, 0.4) is 0 Å². The normalized spacial score (nSPS) is 13.0. The van der Waals surface area contributed by atoms with Crippen LogP contribution in [0.1, 0.15) is 41.0 Å². The lowest BCUT2D eigenvalue weighted by atomic mass is 10.0. The summed E-state index contributed by atoms with van der Waals surface area (Å²) in [7, 11) is 0. The van der Waals surface area contributed by atoms with Gasteiger partial charge in [0.25, 0.3) is 0 Å². The number of aliphatic hydroxyl groups is 1. The van der Waals surface area contributed by atoms with E-state index in [9.17, 15) is 9.59 Å². The van der Waals surface area contributed by atoms with E-state index in [4.69, 9.17) is 9.84 Å². The van der Waals surface area contributed by atoms with Gasteiger partial charge in [-0.15, -0.1) is 0 Å². The molecule has 0 saturated carbocycles. The maximum atomic E-state index is 11.8. The zero-order chi connectivity index (χ0) is 15.1. The summed E-state index contributed by atoms with van der Waals surface area (Å²) in [5.74, 6) is -0.0616. The van der Waals surface area contributed by atoms with Crippen molar-refractivity contribution in [3.8, 4) is 0 Å². The molecule has 0 aliphatic rings. The highest BCUT2D eigenvalue weighted by Crippen LogP contribution is 2.09. The van der Waals surface area contributed by atoms with Crippen LogP contribution in [0.4, 0.5) is 4.79 Å². The van der Waals surface area contributed by atoms with E-state index in [1.54, 1.807) is 20.8 Å². The van der Waals surface area contributed by atoms with Gasteiger partial charge in [-0.2, -0.15) is 0 Å². The average molecular weight is 274 g/mol. The molecule has 3 N–H and O–H groups in total. The first-order valence-electron chi connectivity index (χ1n) is 6.53. The molecule has 0 heterocycles. The highest BCUT2D eigenvalue weighted by Gasteiger charge is 2.24. The number of amides is 2. The molecule has 0 bridgehead atoms. The van der Waals surface area contributed by atoms with Gasteiger partial charge in [-0.1, -0.05) is 13.8 Å². The van der Waals surface area contributed by atoms with Gasteiger partial charge in [-0.05, 0) is 33.1 Å². The molecule has 0 aromatic heterocycles. The van der Waals surface area contributed by atoms with Crippen molar-refractivity contribution in [3.05, 3.63) is 0 Å². The third-order valence-electron chi connectivity index (χ3n) is 2.13. The van der Waals surface area contributed by atoms with Crippen LogP contribution in [0.5, 0.6) is 0 Å². The van der Waals surface area contributed by atoms with Crippen LogP contribution in [0.25, 0.3) is 0 Å². The topological polar surface area (TPSA) is 87.7 Å². The second kappa shape index (κ2) is 7.99. The van der Waals surface area contributed by atoms with Gasteiger partial charge in [0.2, 0.25) is 5.91 Å². The lowest BCUT2D eigenvalue weighted by Crippen LogP contribution is -2.49. The number of ether oxygens (including phenoxy) is 1. The van der Waals surface area contributed by atoms with E-state index in [0.717, 1.165) is 0 Å².